The molecule has 1 saturated carbocycles. The van der Waals surface area contributed by atoms with E-state index < -0.39 is 0 Å². The van der Waals surface area contributed by atoms with Crippen LogP contribution >= 0.6 is 11.3 Å². The first-order chi connectivity index (χ1) is 10.5. The van der Waals surface area contributed by atoms with E-state index in [4.69, 9.17) is 4.74 Å². The van der Waals surface area contributed by atoms with Gasteiger partial charge in [0.05, 0.1) is 20.6 Å². The van der Waals surface area contributed by atoms with Crippen molar-refractivity contribution in [3.63, 3.8) is 0 Å². The van der Waals surface area contributed by atoms with Crippen molar-refractivity contribution in [1.82, 2.24) is 0 Å². The van der Waals surface area contributed by atoms with Crippen molar-refractivity contribution in [3.8, 4) is 0 Å². The third-order valence-electron chi connectivity index (χ3n) is 5.37. The van der Waals surface area contributed by atoms with Crippen LogP contribution in [0.5, 0.6) is 0 Å². The second-order valence-electron chi connectivity index (χ2n) is 7.63. The van der Waals surface area contributed by atoms with Crippen LogP contribution in [0.4, 0.5) is 0 Å². The van der Waals surface area contributed by atoms with Crippen molar-refractivity contribution in [3.05, 3.63) is 22.4 Å². The van der Waals surface area contributed by atoms with E-state index in [1.54, 1.807) is 11.3 Å². The molecule has 1 atom stereocenters. The SMILES string of the molecule is C[N+]1(C)CCC(OC(=O)C2(c3cccs3)CCCCCC2)C1. The maximum absolute atomic E-state index is 13.1. The lowest BCUT2D eigenvalue weighted by atomic mass is 9.79. The highest BCUT2D eigenvalue weighted by Gasteiger charge is 2.45. The summed E-state index contributed by atoms with van der Waals surface area (Å²) in [6.45, 7) is 2.05. The predicted octanol–water partition coefficient (Wildman–Crippen LogP) is 3.73. The van der Waals surface area contributed by atoms with Crippen LogP contribution in [0.1, 0.15) is 49.8 Å². The van der Waals surface area contributed by atoms with Crippen LogP contribution in [-0.4, -0.2) is 43.7 Å². The van der Waals surface area contributed by atoms with E-state index in [2.05, 4.69) is 31.6 Å². The van der Waals surface area contributed by atoms with Crippen molar-refractivity contribution in [2.45, 2.75) is 56.5 Å². The lowest BCUT2D eigenvalue weighted by molar-refractivity contribution is -0.879. The molecule has 2 heterocycles. The van der Waals surface area contributed by atoms with Gasteiger partial charge in [-0.1, -0.05) is 31.7 Å². The van der Waals surface area contributed by atoms with Gasteiger partial charge >= 0.3 is 5.97 Å². The standard InChI is InChI=1S/C18H28NO2S/c1-19(2)12-9-15(14-19)21-17(20)18(16-8-7-13-22-16)10-5-3-4-6-11-18/h7-8,13,15H,3-6,9-12,14H2,1-2H3/q+1. The van der Waals surface area contributed by atoms with Gasteiger partial charge in [-0.2, -0.15) is 0 Å². The zero-order valence-electron chi connectivity index (χ0n) is 13.8. The van der Waals surface area contributed by atoms with Gasteiger partial charge in [-0.3, -0.25) is 4.79 Å². The van der Waals surface area contributed by atoms with Crippen molar-refractivity contribution in [2.75, 3.05) is 27.2 Å². The molecule has 1 aromatic heterocycles. The number of carbonyl (C=O) groups is 1. The van der Waals surface area contributed by atoms with Crippen LogP contribution in [0.3, 0.4) is 0 Å². The highest BCUT2D eigenvalue weighted by atomic mass is 32.1. The minimum absolute atomic E-state index is 0.0451. The molecule has 4 heteroatoms. The molecule has 1 aliphatic carbocycles. The van der Waals surface area contributed by atoms with Crippen LogP contribution in [-0.2, 0) is 14.9 Å². The summed E-state index contributed by atoms with van der Waals surface area (Å²) in [6, 6.07) is 4.20. The van der Waals surface area contributed by atoms with Crippen LogP contribution in [0, 0.1) is 0 Å². The molecule has 0 aromatic carbocycles. The molecular weight excluding hydrogens is 294 g/mol. The third-order valence-corrected chi connectivity index (χ3v) is 6.44. The van der Waals surface area contributed by atoms with E-state index in [1.165, 1.54) is 17.7 Å². The molecule has 0 amide bonds. The van der Waals surface area contributed by atoms with E-state index in [1.807, 2.05) is 0 Å². The summed E-state index contributed by atoms with van der Waals surface area (Å²) in [5, 5.41) is 2.09. The molecule has 3 rings (SSSR count). The number of nitrogens with zero attached hydrogens (tertiary/aromatic N) is 1. The third kappa shape index (κ3) is 3.23. The van der Waals surface area contributed by atoms with Gasteiger partial charge in [0.2, 0.25) is 0 Å². The molecule has 3 nitrogen and oxygen atoms in total. The van der Waals surface area contributed by atoms with Crippen LogP contribution < -0.4 is 0 Å². The Hall–Kier alpha value is -0.870. The predicted molar refractivity (Wildman–Crippen MR) is 90.0 cm³/mol. The number of likely N-dealkylation sites (tertiary alicyclic amines) is 1. The van der Waals surface area contributed by atoms with E-state index >= 15 is 0 Å². The van der Waals surface area contributed by atoms with Gasteiger partial charge in [0.25, 0.3) is 0 Å². The molecule has 22 heavy (non-hydrogen) atoms. The number of hydrogen-bond donors (Lipinski definition) is 0. The minimum Gasteiger partial charge on any atom is -0.455 e. The Balaban J connectivity index is 1.78. The van der Waals surface area contributed by atoms with Crippen molar-refractivity contribution < 1.29 is 14.0 Å². The molecule has 1 unspecified atom stereocenters. The summed E-state index contributed by atoms with van der Waals surface area (Å²) in [7, 11) is 4.43. The van der Waals surface area contributed by atoms with Crippen molar-refractivity contribution in [2.24, 2.45) is 0 Å². The average Bonchev–Trinajstić information content (AvgIpc) is 3.04. The molecular formula is C18H28NO2S+. The highest BCUT2D eigenvalue weighted by molar-refractivity contribution is 7.10. The van der Waals surface area contributed by atoms with Crippen LogP contribution in [0.2, 0.25) is 0 Å². The molecule has 0 radical (unpaired) electrons. The maximum Gasteiger partial charge on any atom is 0.317 e. The second-order valence-corrected chi connectivity index (χ2v) is 8.58. The lowest BCUT2D eigenvalue weighted by Gasteiger charge is -2.31. The number of carbonyl (C=O) groups excluding carboxylic acids is 1. The average molecular weight is 322 g/mol. The Kier molecular flexibility index (Phi) is 4.60. The number of quaternary nitrogens is 1. The fraction of sp³-hybridized carbons (Fsp3) is 0.722. The largest absolute Gasteiger partial charge is 0.455 e. The minimum atomic E-state index is -0.371. The Labute approximate surface area is 137 Å². The molecule has 0 spiro atoms. The summed E-state index contributed by atoms with van der Waals surface area (Å²) in [5.41, 5.74) is -0.371. The molecule has 1 saturated heterocycles. The van der Waals surface area contributed by atoms with Gasteiger partial charge < -0.3 is 9.22 Å². The number of rotatable bonds is 3. The summed E-state index contributed by atoms with van der Waals surface area (Å²) < 4.78 is 6.98. The topological polar surface area (TPSA) is 26.3 Å². The molecule has 2 aliphatic rings. The van der Waals surface area contributed by atoms with E-state index in [-0.39, 0.29) is 17.5 Å². The number of hydrogen-bond acceptors (Lipinski definition) is 3. The fourth-order valence-corrected chi connectivity index (χ4v) is 5.00. The maximum atomic E-state index is 13.1. The Bertz CT molecular complexity index is 501. The van der Waals surface area contributed by atoms with Crippen molar-refractivity contribution >= 4 is 17.3 Å². The van der Waals surface area contributed by atoms with Gasteiger partial charge in [-0.15, -0.1) is 11.3 Å². The first-order valence-electron chi connectivity index (χ1n) is 8.59. The molecule has 0 bridgehead atoms. The fourth-order valence-electron chi connectivity index (χ4n) is 4.02. The molecule has 122 valence electrons. The van der Waals surface area contributed by atoms with Gasteiger partial charge in [-0.25, -0.2) is 0 Å². The number of likely N-dealkylation sites (N-methyl/N-ethyl adjacent to an activating group) is 1. The Morgan fingerprint density at radius 3 is 2.55 bits per heavy atom. The number of esters is 1. The van der Waals surface area contributed by atoms with Crippen LogP contribution in [0.25, 0.3) is 0 Å². The normalized spacial score (nSPS) is 27.3. The van der Waals surface area contributed by atoms with E-state index in [0.29, 0.717) is 0 Å². The van der Waals surface area contributed by atoms with Gasteiger partial charge in [0.15, 0.2) is 6.10 Å². The molecule has 1 aromatic rings. The van der Waals surface area contributed by atoms with E-state index in [0.717, 1.165) is 49.7 Å². The van der Waals surface area contributed by atoms with Crippen LogP contribution in [0.15, 0.2) is 17.5 Å². The highest BCUT2D eigenvalue weighted by Crippen LogP contribution is 2.42. The van der Waals surface area contributed by atoms with Crippen molar-refractivity contribution in [1.29, 1.82) is 0 Å². The molecule has 1 aliphatic heterocycles. The zero-order valence-corrected chi connectivity index (χ0v) is 14.7. The summed E-state index contributed by atoms with van der Waals surface area (Å²) in [4.78, 5) is 14.3. The van der Waals surface area contributed by atoms with Gasteiger partial charge in [-0.05, 0) is 24.3 Å². The lowest BCUT2D eigenvalue weighted by Crippen LogP contribution is -2.41. The first-order valence-corrected chi connectivity index (χ1v) is 9.47. The Morgan fingerprint density at radius 2 is 2.00 bits per heavy atom. The number of ether oxygens (including phenoxy) is 1. The first kappa shape index (κ1) is 16.0. The zero-order chi connectivity index (χ0) is 15.6. The second kappa shape index (κ2) is 6.32. The van der Waals surface area contributed by atoms with Gasteiger partial charge in [0, 0.05) is 11.3 Å². The molecule has 2 fully saturated rings. The van der Waals surface area contributed by atoms with Gasteiger partial charge in [0.1, 0.15) is 12.0 Å². The molecule has 0 N–H and O–H groups in total. The monoisotopic (exact) mass is 322 g/mol. The summed E-state index contributed by atoms with van der Waals surface area (Å²) >= 11 is 1.72. The summed E-state index contributed by atoms with van der Waals surface area (Å²) in [5.74, 6) is 0.0451. The number of thiophene rings is 1. The quantitative estimate of drug-likeness (QED) is 0.481. The van der Waals surface area contributed by atoms with E-state index in [9.17, 15) is 4.79 Å². The Morgan fingerprint density at radius 1 is 1.27 bits per heavy atom. The smallest absolute Gasteiger partial charge is 0.317 e. The summed E-state index contributed by atoms with van der Waals surface area (Å²) in [6.07, 6.45) is 7.77.